The van der Waals surface area contributed by atoms with Gasteiger partial charge in [-0.1, -0.05) is 65.5 Å². The number of rotatable bonds is 12. The van der Waals surface area contributed by atoms with E-state index in [4.69, 9.17) is 9.47 Å². The van der Waals surface area contributed by atoms with Gasteiger partial charge in [0.15, 0.2) is 0 Å². The molecule has 0 spiro atoms. The van der Waals surface area contributed by atoms with Gasteiger partial charge in [0.25, 0.3) is 0 Å². The van der Waals surface area contributed by atoms with Crippen molar-refractivity contribution in [2.75, 3.05) is 13.2 Å². The van der Waals surface area contributed by atoms with Crippen LogP contribution in [0.25, 0.3) is 0 Å². The van der Waals surface area contributed by atoms with Crippen molar-refractivity contribution in [3.8, 4) is 0 Å². The molecular formula is C38H65NO9. The van der Waals surface area contributed by atoms with Crippen LogP contribution in [-0.4, -0.2) is 98.2 Å². The molecule has 4 fully saturated rings. The van der Waals surface area contributed by atoms with Crippen LogP contribution in [0, 0.1) is 46.3 Å². The van der Waals surface area contributed by atoms with Crippen molar-refractivity contribution in [1.82, 2.24) is 5.32 Å². The van der Waals surface area contributed by atoms with Crippen LogP contribution in [0.5, 0.6) is 0 Å². The summed E-state index contributed by atoms with van der Waals surface area (Å²) in [4.78, 5) is 11.9. The normalized spacial score (nSPS) is 44.6. The third-order valence-electron chi connectivity index (χ3n) is 14.0. The summed E-state index contributed by atoms with van der Waals surface area (Å²) in [6.45, 7) is 11.8. The fraction of sp³-hybridized carbons (Fsp3) is 0.921. The molecule has 1 saturated heterocycles. The van der Waals surface area contributed by atoms with E-state index in [9.17, 15) is 35.4 Å². The van der Waals surface area contributed by atoms with Crippen LogP contribution >= 0.6 is 0 Å². The van der Waals surface area contributed by atoms with Gasteiger partial charge in [0.2, 0.25) is 11.7 Å². The van der Waals surface area contributed by atoms with Crippen LogP contribution in [0.4, 0.5) is 0 Å². The Balaban J connectivity index is 1.30. The number of aliphatic hydroxyl groups is 6. The molecular weight excluding hydrogens is 614 g/mol. The third-order valence-corrected chi connectivity index (χ3v) is 14.0. The highest BCUT2D eigenvalue weighted by atomic mass is 16.7. The molecule has 5 aliphatic rings. The molecule has 0 bridgehead atoms. The third kappa shape index (κ3) is 6.91. The summed E-state index contributed by atoms with van der Waals surface area (Å²) in [5.74, 6) is 1.71. The number of hydrogen-bond acceptors (Lipinski definition) is 9. The number of aliphatic hydroxyl groups excluding tert-OH is 6. The van der Waals surface area contributed by atoms with Crippen molar-refractivity contribution >= 4 is 5.91 Å². The first-order valence-corrected chi connectivity index (χ1v) is 18.9. The maximum absolute atomic E-state index is 11.9. The molecule has 0 unspecified atom stereocenters. The minimum atomic E-state index is -2.11. The molecule has 1 aliphatic heterocycles. The monoisotopic (exact) mass is 679 g/mol. The van der Waals surface area contributed by atoms with Gasteiger partial charge in [-0.2, -0.15) is 0 Å². The Morgan fingerprint density at radius 2 is 1.77 bits per heavy atom. The number of carbonyl (C=O) groups excluding carboxylic acids is 1. The predicted molar refractivity (Wildman–Crippen MR) is 181 cm³/mol. The van der Waals surface area contributed by atoms with E-state index in [-0.39, 0.29) is 5.41 Å². The number of ether oxygens (including phenoxy) is 2. The molecule has 1 heterocycles. The second-order valence-corrected chi connectivity index (χ2v) is 17.2. The van der Waals surface area contributed by atoms with Crippen LogP contribution < -0.4 is 5.32 Å². The van der Waals surface area contributed by atoms with Crippen molar-refractivity contribution in [2.45, 2.75) is 161 Å². The first-order valence-electron chi connectivity index (χ1n) is 18.9. The van der Waals surface area contributed by atoms with E-state index in [0.717, 1.165) is 36.5 Å². The number of amides is 1. The van der Waals surface area contributed by atoms with Crippen molar-refractivity contribution < 1.29 is 44.9 Å². The Kier molecular flexibility index (Phi) is 11.8. The standard InChI is InChI=1S/C38H65NO9/c1-21(2)8-7-9-22(3)27-12-13-28-26-11-10-24-18-25(14-16-36(24,5)29(26)15-17-37(27,28)6)47-38(20-41)35(46)33(45)31(39-23(4)42)34(48-38)32(44)30(43)19-40/h10,21-22,25-35,40-41,43-46H,7-9,11-20H2,1-6H3,(H,39,42)/t22-,25+,26+,27-,28+,29+,30-,31-,32-,33-,34-,35+,36+,37-,38-/m1/s1. The molecule has 0 aromatic rings. The average Bonchev–Trinajstić information content (AvgIpc) is 3.41. The number of allylic oxidation sites excluding steroid dienone is 1. The largest absolute Gasteiger partial charge is 0.394 e. The zero-order chi connectivity index (χ0) is 35.2. The number of fused-ring (bicyclic) bond motifs is 5. The lowest BCUT2D eigenvalue weighted by Gasteiger charge is -2.59. The van der Waals surface area contributed by atoms with Crippen LogP contribution in [0.1, 0.15) is 112 Å². The van der Waals surface area contributed by atoms with Gasteiger partial charge in [-0.15, -0.1) is 0 Å². The van der Waals surface area contributed by atoms with Gasteiger partial charge in [0, 0.05) is 6.92 Å². The molecule has 10 heteroatoms. The molecule has 15 atom stereocenters. The van der Waals surface area contributed by atoms with E-state index in [2.05, 4.69) is 46.0 Å². The fourth-order valence-corrected chi connectivity index (χ4v) is 11.3. The van der Waals surface area contributed by atoms with Crippen LogP contribution in [0.3, 0.4) is 0 Å². The highest BCUT2D eigenvalue weighted by Crippen LogP contribution is 2.67. The Bertz CT molecular complexity index is 1150. The zero-order valence-corrected chi connectivity index (χ0v) is 30.2. The minimum Gasteiger partial charge on any atom is -0.394 e. The van der Waals surface area contributed by atoms with Gasteiger partial charge in [-0.3, -0.25) is 4.79 Å². The molecule has 5 rings (SSSR count). The van der Waals surface area contributed by atoms with E-state index in [1.54, 1.807) is 0 Å². The lowest BCUT2D eigenvalue weighted by molar-refractivity contribution is -0.380. The molecule has 48 heavy (non-hydrogen) atoms. The predicted octanol–water partition coefficient (Wildman–Crippen LogP) is 3.44. The van der Waals surface area contributed by atoms with E-state index in [1.165, 1.54) is 57.4 Å². The van der Waals surface area contributed by atoms with E-state index in [0.29, 0.717) is 30.1 Å². The quantitative estimate of drug-likeness (QED) is 0.153. The number of hydrogen-bond donors (Lipinski definition) is 7. The molecule has 7 N–H and O–H groups in total. The highest BCUT2D eigenvalue weighted by Gasteiger charge is 2.61. The summed E-state index contributed by atoms with van der Waals surface area (Å²) < 4.78 is 12.5. The maximum Gasteiger partial charge on any atom is 0.221 e. The fourth-order valence-electron chi connectivity index (χ4n) is 11.3. The van der Waals surface area contributed by atoms with E-state index < -0.39 is 67.6 Å². The first kappa shape index (κ1) is 38.1. The zero-order valence-electron chi connectivity index (χ0n) is 30.2. The van der Waals surface area contributed by atoms with Gasteiger partial charge >= 0.3 is 0 Å². The summed E-state index contributed by atoms with van der Waals surface area (Å²) in [5.41, 5.74) is 1.80. The molecule has 0 aromatic carbocycles. The number of nitrogens with one attached hydrogen (secondary N) is 1. The lowest BCUT2D eigenvalue weighted by Crippen LogP contribution is -2.73. The number of carbonyl (C=O) groups is 1. The summed E-state index contributed by atoms with van der Waals surface area (Å²) in [6.07, 6.45) is 6.11. The maximum atomic E-state index is 11.9. The van der Waals surface area contributed by atoms with Crippen molar-refractivity contribution in [1.29, 1.82) is 0 Å². The molecule has 0 aromatic heterocycles. The van der Waals surface area contributed by atoms with Gasteiger partial charge in [0.1, 0.15) is 37.1 Å². The molecule has 0 radical (unpaired) electrons. The Morgan fingerprint density at radius 3 is 2.42 bits per heavy atom. The molecule has 1 amide bonds. The summed E-state index contributed by atoms with van der Waals surface area (Å²) >= 11 is 0. The van der Waals surface area contributed by atoms with Gasteiger partial charge in [-0.05, 0) is 97.7 Å². The van der Waals surface area contributed by atoms with Crippen LogP contribution in [-0.2, 0) is 14.3 Å². The minimum absolute atomic E-state index is 0.0451. The second-order valence-electron chi connectivity index (χ2n) is 17.2. The first-order chi connectivity index (χ1) is 22.6. The van der Waals surface area contributed by atoms with Crippen LogP contribution in [0.2, 0.25) is 0 Å². The molecule has 3 saturated carbocycles. The second kappa shape index (κ2) is 14.9. The van der Waals surface area contributed by atoms with Crippen molar-refractivity contribution in [3.63, 3.8) is 0 Å². The molecule has 276 valence electrons. The molecule has 4 aliphatic carbocycles. The molecule has 10 nitrogen and oxygen atoms in total. The summed E-state index contributed by atoms with van der Waals surface area (Å²) in [5, 5.41) is 66.0. The highest BCUT2D eigenvalue weighted by molar-refractivity contribution is 5.73. The van der Waals surface area contributed by atoms with Crippen molar-refractivity contribution in [3.05, 3.63) is 11.6 Å². The summed E-state index contributed by atoms with van der Waals surface area (Å²) in [6, 6.07) is -1.32. The van der Waals surface area contributed by atoms with Gasteiger partial charge < -0.3 is 45.4 Å². The Hall–Kier alpha value is -1.11. The Morgan fingerprint density at radius 1 is 1.04 bits per heavy atom. The van der Waals surface area contributed by atoms with Crippen LogP contribution in [0.15, 0.2) is 11.6 Å². The summed E-state index contributed by atoms with van der Waals surface area (Å²) in [7, 11) is 0. The topological polar surface area (TPSA) is 169 Å². The SMILES string of the molecule is CC(=O)N[C@@H]1[C@@H](O)[C@H](O)[C@](CO)(O[C@H]2CC[C@@]3(C)C(=CC[C@H]4[C@@H]5CC[C@H]([C@H](C)CCCC(C)C)[C@@]5(C)CC[C@@H]43)C2)O[C@H]1[C@H](O)[C@H](O)CO. The van der Waals surface area contributed by atoms with E-state index >= 15 is 0 Å². The van der Waals surface area contributed by atoms with Crippen molar-refractivity contribution in [2.24, 2.45) is 46.3 Å². The smallest absolute Gasteiger partial charge is 0.221 e. The average molecular weight is 680 g/mol. The van der Waals surface area contributed by atoms with Gasteiger partial charge in [0.05, 0.1) is 18.8 Å². The van der Waals surface area contributed by atoms with E-state index in [1.807, 2.05) is 0 Å². The van der Waals surface area contributed by atoms with Gasteiger partial charge in [-0.25, -0.2) is 0 Å². The lowest BCUT2D eigenvalue weighted by atomic mass is 9.47. The Labute approximate surface area is 287 Å².